The van der Waals surface area contributed by atoms with Gasteiger partial charge in [0.15, 0.2) is 23.6 Å². The zero-order valence-electron chi connectivity index (χ0n) is 19.1. The molecule has 2 aromatic rings. The van der Waals surface area contributed by atoms with Crippen molar-refractivity contribution in [1.29, 1.82) is 0 Å². The molecule has 0 radical (unpaired) electrons. The molecule has 0 aromatic carbocycles. The number of halogens is 2. The van der Waals surface area contributed by atoms with Gasteiger partial charge in [-0.15, -0.1) is 4.52 Å². The van der Waals surface area contributed by atoms with Crippen LogP contribution in [0, 0.1) is 6.08 Å². The van der Waals surface area contributed by atoms with Gasteiger partial charge in [-0.1, -0.05) is 5.09 Å². The van der Waals surface area contributed by atoms with Crippen LogP contribution in [0.25, 0.3) is 11.2 Å². The van der Waals surface area contributed by atoms with Gasteiger partial charge in [-0.3, -0.25) is 9.36 Å². The van der Waals surface area contributed by atoms with Gasteiger partial charge < -0.3 is 19.9 Å². The molecule has 0 saturated carbocycles. The minimum Gasteiger partial charge on any atom is -0.462 e. The summed E-state index contributed by atoms with van der Waals surface area (Å²) < 4.78 is 57.8. The smallest absolute Gasteiger partial charge is 0.462 e. The fourth-order valence-corrected chi connectivity index (χ4v) is 3.44. The number of carbonyl (C=O) groups excluding carboxylic acids is 1. The predicted molar refractivity (Wildman–Crippen MR) is 114 cm³/mol. The van der Waals surface area contributed by atoms with Crippen LogP contribution >= 0.6 is 8.18 Å². The summed E-state index contributed by atoms with van der Waals surface area (Å²) in [6, 6.07) is -0.982. The summed E-state index contributed by atoms with van der Waals surface area (Å²) in [5.74, 6) is -3.35. The van der Waals surface area contributed by atoms with E-state index in [1.165, 1.54) is 31.8 Å². The Morgan fingerprint density at radius 2 is 1.97 bits per heavy atom. The minimum absolute atomic E-state index is 0.0263. The van der Waals surface area contributed by atoms with E-state index < -0.39 is 51.1 Å². The molecule has 12 nitrogen and oxygen atoms in total. The number of aliphatic hydroxyl groups excluding tert-OH is 1. The summed E-state index contributed by atoms with van der Waals surface area (Å²) in [6.07, 6.45) is -2.99. The van der Waals surface area contributed by atoms with Crippen molar-refractivity contribution >= 4 is 31.1 Å². The van der Waals surface area contributed by atoms with Crippen molar-refractivity contribution in [3.8, 4) is 0 Å². The third-order valence-corrected chi connectivity index (χ3v) is 5.36. The normalized spacial score (nSPS) is 16.8. The van der Waals surface area contributed by atoms with Crippen molar-refractivity contribution in [2.24, 2.45) is 0 Å². The first kappa shape index (κ1) is 26.9. The van der Waals surface area contributed by atoms with Crippen molar-refractivity contribution in [2.45, 2.75) is 65.0 Å². The number of fused-ring (bicyclic) bond motifs is 1. The van der Waals surface area contributed by atoms with Gasteiger partial charge in [0.2, 0.25) is 0 Å². The van der Waals surface area contributed by atoms with Gasteiger partial charge in [0.1, 0.15) is 18.4 Å². The van der Waals surface area contributed by atoms with Crippen LogP contribution in [0.1, 0.15) is 40.8 Å². The summed E-state index contributed by atoms with van der Waals surface area (Å²) >= 11 is 0. The molecule has 2 heterocycles. The molecule has 3 N–H and O–H groups in total. The monoisotopic (exact) mass is 493 g/mol. The first-order chi connectivity index (χ1) is 15.4. The number of alkyl halides is 1. The molecule has 0 spiro atoms. The van der Waals surface area contributed by atoms with Crippen molar-refractivity contribution in [1.82, 2.24) is 24.6 Å². The number of aliphatic hydroxyl groups is 1. The summed E-state index contributed by atoms with van der Waals surface area (Å²) in [7, 11) is -1.18. The number of nitrogens with one attached hydrogen (secondary N) is 2. The van der Waals surface area contributed by atoms with Crippen LogP contribution in [0.2, 0.25) is 0 Å². The summed E-state index contributed by atoms with van der Waals surface area (Å²) in [4.78, 5) is 23.1. The van der Waals surface area contributed by atoms with E-state index in [4.69, 9.17) is 14.0 Å². The topological polar surface area (TPSA) is 150 Å². The molecule has 2 unspecified atom stereocenters. The van der Waals surface area contributed by atoms with Crippen LogP contribution in [-0.2, 0) is 23.4 Å². The van der Waals surface area contributed by atoms with Crippen LogP contribution in [0.15, 0.2) is 6.33 Å². The highest BCUT2D eigenvalue weighted by atomic mass is 31.1. The lowest BCUT2D eigenvalue weighted by molar-refractivity contribution is -0.252. The van der Waals surface area contributed by atoms with Crippen LogP contribution in [0.5, 0.6) is 0 Å². The Hall–Kier alpha value is -2.38. The minimum atomic E-state index is -2.82. The average Bonchev–Trinajstić information content (AvgIpc) is 3.14. The third kappa shape index (κ3) is 6.81. The van der Waals surface area contributed by atoms with Gasteiger partial charge in [0.05, 0.1) is 12.4 Å². The van der Waals surface area contributed by atoms with Crippen LogP contribution < -0.4 is 10.4 Å². The number of anilines is 1. The van der Waals surface area contributed by atoms with Crippen LogP contribution in [0.4, 0.5) is 14.6 Å². The number of imidazole rings is 1. The van der Waals surface area contributed by atoms with Gasteiger partial charge in [-0.2, -0.15) is 14.4 Å². The maximum absolute atomic E-state index is 15.4. The van der Waals surface area contributed by atoms with E-state index in [0.29, 0.717) is 0 Å². The number of ether oxygens (including phenoxy) is 2. The Morgan fingerprint density at radius 1 is 1.30 bits per heavy atom. The molecule has 33 heavy (non-hydrogen) atoms. The Bertz CT molecular complexity index is 993. The van der Waals surface area contributed by atoms with Crippen molar-refractivity contribution < 1.29 is 37.2 Å². The number of hydrogen-bond acceptors (Lipinski definition) is 10. The molecule has 0 fully saturated rings. The number of aromatic nitrogens is 4. The highest BCUT2D eigenvalue weighted by molar-refractivity contribution is 7.36. The maximum Gasteiger partial charge on any atom is 0.614 e. The zero-order chi connectivity index (χ0) is 24.9. The average molecular weight is 493 g/mol. The highest BCUT2D eigenvalue weighted by Crippen LogP contribution is 2.31. The summed E-state index contributed by atoms with van der Waals surface area (Å²) in [6.45, 7) is 6.31. The number of carbonyl (C=O) groups is 1. The SMILES string of the molecule is CNc1nc(F)nc2c1ncn2[C@@H](C)O[C@](F)(CO[P+](=O)N[C@@H](C)C(=O)OC(C)C)C(C)O. The predicted octanol–water partition coefficient (Wildman–Crippen LogP) is 2.19. The second-order valence-corrected chi connectivity index (χ2v) is 8.49. The first-order valence-electron chi connectivity index (χ1n) is 10.1. The molecule has 0 aliphatic heterocycles. The molecular weight excluding hydrogens is 465 g/mol. The lowest BCUT2D eigenvalue weighted by Crippen LogP contribution is -2.44. The fourth-order valence-electron chi connectivity index (χ4n) is 2.65. The van der Waals surface area contributed by atoms with E-state index in [-0.39, 0.29) is 23.1 Å². The molecule has 2 rings (SSSR count). The van der Waals surface area contributed by atoms with Gasteiger partial charge in [-0.05, 0) is 39.2 Å². The Balaban J connectivity index is 2.10. The Morgan fingerprint density at radius 3 is 2.55 bits per heavy atom. The van der Waals surface area contributed by atoms with E-state index >= 15 is 4.39 Å². The second kappa shape index (κ2) is 11.2. The molecule has 0 bridgehead atoms. The van der Waals surface area contributed by atoms with Crippen LogP contribution in [0.3, 0.4) is 0 Å². The van der Waals surface area contributed by atoms with Gasteiger partial charge >= 0.3 is 20.2 Å². The lowest BCUT2D eigenvalue weighted by Gasteiger charge is -2.29. The Kier molecular flexibility index (Phi) is 9.09. The Labute approximate surface area is 190 Å². The third-order valence-electron chi connectivity index (χ3n) is 4.40. The number of nitrogens with zero attached hydrogens (tertiary/aromatic N) is 4. The number of rotatable bonds is 12. The molecule has 2 aromatic heterocycles. The first-order valence-corrected chi connectivity index (χ1v) is 11.2. The van der Waals surface area contributed by atoms with Crippen molar-refractivity contribution in [3.05, 3.63) is 12.4 Å². The van der Waals surface area contributed by atoms with Gasteiger partial charge in [0.25, 0.3) is 5.85 Å². The van der Waals surface area contributed by atoms with E-state index in [2.05, 4.69) is 25.4 Å². The van der Waals surface area contributed by atoms with Gasteiger partial charge in [-0.25, -0.2) is 9.37 Å². The number of hydrogen-bond donors (Lipinski definition) is 3. The summed E-state index contributed by atoms with van der Waals surface area (Å²) in [5.41, 5.74) is 0.250. The lowest BCUT2D eigenvalue weighted by atomic mass is 10.2. The summed E-state index contributed by atoms with van der Waals surface area (Å²) in [5, 5.41) is 15.0. The van der Waals surface area contributed by atoms with E-state index in [1.807, 2.05) is 0 Å². The van der Waals surface area contributed by atoms with E-state index in [1.54, 1.807) is 13.8 Å². The fraction of sp³-hybridized carbons (Fsp3) is 0.667. The molecule has 15 heteroatoms. The van der Waals surface area contributed by atoms with E-state index in [0.717, 1.165) is 6.92 Å². The number of esters is 1. The molecule has 0 aliphatic rings. The molecule has 0 aliphatic carbocycles. The second-order valence-electron chi connectivity index (χ2n) is 7.46. The standard InChI is InChI=1S/C18H28F2N6O6P/c1-9(2)31-16(28)10(3)25-33(29)30-7-18(20,11(4)27)32-12(5)26-8-22-13-14(21-6)23-17(19)24-15(13)26/h8-12,27H,7H2,1-6H3,(H,25,29)(H,21,23,24)/q+1/t10-,11?,12+,18+/m0/s1. The largest absolute Gasteiger partial charge is 0.614 e. The molecule has 0 saturated heterocycles. The van der Waals surface area contributed by atoms with E-state index in [9.17, 15) is 18.9 Å². The molecular formula is C18H28F2N6O6P+. The molecule has 184 valence electrons. The maximum atomic E-state index is 15.4. The van der Waals surface area contributed by atoms with Crippen molar-refractivity contribution in [3.63, 3.8) is 0 Å². The van der Waals surface area contributed by atoms with Gasteiger partial charge in [0, 0.05) is 7.05 Å². The molecule has 0 amide bonds. The molecule has 5 atom stereocenters. The highest BCUT2D eigenvalue weighted by Gasteiger charge is 2.43. The quantitative estimate of drug-likeness (QED) is 0.227. The van der Waals surface area contributed by atoms with Crippen LogP contribution in [-0.4, -0.2) is 68.4 Å². The van der Waals surface area contributed by atoms with Crippen molar-refractivity contribution in [2.75, 3.05) is 19.0 Å². The zero-order valence-corrected chi connectivity index (χ0v) is 20.0.